The highest BCUT2D eigenvalue weighted by Crippen LogP contribution is 2.23. The highest BCUT2D eigenvalue weighted by atomic mass is 35.5. The summed E-state index contributed by atoms with van der Waals surface area (Å²) in [6.45, 7) is 0. The molecule has 68 valence electrons. The lowest BCUT2D eigenvalue weighted by molar-refractivity contribution is 0.571. The highest BCUT2D eigenvalue weighted by molar-refractivity contribution is 6.17. The Morgan fingerprint density at radius 1 is 1.62 bits per heavy atom. The van der Waals surface area contributed by atoms with Crippen molar-refractivity contribution in [2.75, 3.05) is 0 Å². The standard InChI is InChI=1S/C8H8ClN3O/c1-12-4-6(3-11-12)8-7(2-9)10-5-13-8/h3-5H,2H2,1H3. The van der Waals surface area contributed by atoms with Gasteiger partial charge in [0.05, 0.1) is 17.6 Å². The van der Waals surface area contributed by atoms with Gasteiger partial charge in [0.15, 0.2) is 12.2 Å². The lowest BCUT2D eigenvalue weighted by Crippen LogP contribution is -1.84. The molecule has 0 bridgehead atoms. The van der Waals surface area contributed by atoms with Crippen molar-refractivity contribution in [1.82, 2.24) is 14.8 Å². The number of nitrogens with zero attached hydrogens (tertiary/aromatic N) is 3. The van der Waals surface area contributed by atoms with Crippen LogP contribution in [0.5, 0.6) is 0 Å². The summed E-state index contributed by atoms with van der Waals surface area (Å²) in [4.78, 5) is 3.98. The van der Waals surface area contributed by atoms with Crippen LogP contribution in [0.4, 0.5) is 0 Å². The summed E-state index contributed by atoms with van der Waals surface area (Å²) in [5, 5.41) is 4.03. The number of oxazole rings is 1. The molecule has 4 nitrogen and oxygen atoms in total. The third kappa shape index (κ3) is 1.45. The Hall–Kier alpha value is -1.29. The molecule has 0 amide bonds. The monoisotopic (exact) mass is 197 g/mol. The minimum absolute atomic E-state index is 0.348. The summed E-state index contributed by atoms with van der Waals surface area (Å²) >= 11 is 5.68. The lowest BCUT2D eigenvalue weighted by Gasteiger charge is -1.91. The van der Waals surface area contributed by atoms with Crippen LogP contribution in [-0.4, -0.2) is 14.8 Å². The first-order chi connectivity index (χ1) is 6.31. The average molecular weight is 198 g/mol. The van der Waals surface area contributed by atoms with E-state index in [0.29, 0.717) is 11.6 Å². The van der Waals surface area contributed by atoms with Gasteiger partial charge in [0.2, 0.25) is 0 Å². The maximum atomic E-state index is 5.68. The van der Waals surface area contributed by atoms with Crippen molar-refractivity contribution >= 4 is 11.6 Å². The third-order valence-electron chi connectivity index (χ3n) is 1.73. The number of halogens is 1. The Balaban J connectivity index is 2.45. The molecular weight excluding hydrogens is 190 g/mol. The number of rotatable bonds is 2. The van der Waals surface area contributed by atoms with Crippen molar-refractivity contribution in [3.05, 3.63) is 24.5 Å². The summed E-state index contributed by atoms with van der Waals surface area (Å²) < 4.78 is 6.91. The second-order valence-electron chi connectivity index (χ2n) is 2.66. The maximum Gasteiger partial charge on any atom is 0.181 e. The number of hydrogen-bond donors (Lipinski definition) is 0. The summed E-state index contributed by atoms with van der Waals surface area (Å²) in [7, 11) is 1.85. The quantitative estimate of drug-likeness (QED) is 0.690. The molecule has 0 unspecified atom stereocenters. The lowest BCUT2D eigenvalue weighted by atomic mass is 10.2. The van der Waals surface area contributed by atoms with E-state index in [1.807, 2.05) is 13.2 Å². The van der Waals surface area contributed by atoms with Gasteiger partial charge in [-0.2, -0.15) is 5.10 Å². The zero-order chi connectivity index (χ0) is 9.26. The maximum absolute atomic E-state index is 5.68. The van der Waals surface area contributed by atoms with Crippen LogP contribution in [0.2, 0.25) is 0 Å². The summed E-state index contributed by atoms with van der Waals surface area (Å²) in [5.41, 5.74) is 1.64. The van der Waals surface area contributed by atoms with Crippen molar-refractivity contribution in [1.29, 1.82) is 0 Å². The van der Waals surface area contributed by atoms with Crippen molar-refractivity contribution in [2.45, 2.75) is 5.88 Å². The van der Waals surface area contributed by atoms with E-state index in [4.69, 9.17) is 16.0 Å². The van der Waals surface area contributed by atoms with Gasteiger partial charge in [-0.3, -0.25) is 4.68 Å². The zero-order valence-electron chi connectivity index (χ0n) is 7.07. The Bertz CT molecular complexity index is 407. The first kappa shape index (κ1) is 8.31. The Morgan fingerprint density at radius 2 is 2.46 bits per heavy atom. The fourth-order valence-corrected chi connectivity index (χ4v) is 1.33. The number of aryl methyl sites for hydroxylation is 1. The topological polar surface area (TPSA) is 43.9 Å². The summed E-state index contributed by atoms with van der Waals surface area (Å²) in [6, 6.07) is 0. The number of aromatic nitrogens is 3. The number of alkyl halides is 1. The van der Waals surface area contributed by atoms with Crippen LogP contribution in [0.15, 0.2) is 23.2 Å². The van der Waals surface area contributed by atoms with E-state index in [9.17, 15) is 0 Å². The molecular formula is C8H8ClN3O. The van der Waals surface area contributed by atoms with Gasteiger partial charge in [0, 0.05) is 13.2 Å². The SMILES string of the molecule is Cn1cc(-c2ocnc2CCl)cn1. The van der Waals surface area contributed by atoms with Gasteiger partial charge in [-0.1, -0.05) is 0 Å². The molecule has 0 aromatic carbocycles. The van der Waals surface area contributed by atoms with Gasteiger partial charge in [-0.05, 0) is 0 Å². The van der Waals surface area contributed by atoms with Crippen LogP contribution in [0, 0.1) is 0 Å². The second kappa shape index (κ2) is 3.22. The molecule has 5 heteroatoms. The van der Waals surface area contributed by atoms with Crippen LogP contribution in [-0.2, 0) is 12.9 Å². The number of hydrogen-bond acceptors (Lipinski definition) is 3. The van der Waals surface area contributed by atoms with Crippen LogP contribution < -0.4 is 0 Å². The van der Waals surface area contributed by atoms with Crippen LogP contribution >= 0.6 is 11.6 Å². The molecule has 2 rings (SSSR count). The molecule has 0 aliphatic carbocycles. The molecule has 2 heterocycles. The molecule has 0 saturated carbocycles. The molecule has 0 atom stereocenters. The smallest absolute Gasteiger partial charge is 0.181 e. The van der Waals surface area contributed by atoms with E-state index in [2.05, 4.69) is 10.1 Å². The van der Waals surface area contributed by atoms with Crippen molar-refractivity contribution in [3.8, 4) is 11.3 Å². The minimum Gasteiger partial charge on any atom is -0.443 e. The minimum atomic E-state index is 0.348. The zero-order valence-corrected chi connectivity index (χ0v) is 7.82. The van der Waals surface area contributed by atoms with E-state index >= 15 is 0 Å². The van der Waals surface area contributed by atoms with Gasteiger partial charge in [-0.15, -0.1) is 11.6 Å². The largest absolute Gasteiger partial charge is 0.443 e. The third-order valence-corrected chi connectivity index (χ3v) is 1.99. The molecule has 0 saturated heterocycles. The molecule has 2 aromatic heterocycles. The van der Waals surface area contributed by atoms with Gasteiger partial charge in [-0.25, -0.2) is 4.98 Å². The van der Waals surface area contributed by atoms with E-state index in [1.165, 1.54) is 6.39 Å². The van der Waals surface area contributed by atoms with Gasteiger partial charge >= 0.3 is 0 Å². The summed E-state index contributed by atoms with van der Waals surface area (Å²) in [5.74, 6) is 1.05. The van der Waals surface area contributed by atoms with Crippen molar-refractivity contribution < 1.29 is 4.42 Å². The fraction of sp³-hybridized carbons (Fsp3) is 0.250. The molecule has 0 aliphatic heterocycles. The fourth-order valence-electron chi connectivity index (χ4n) is 1.14. The average Bonchev–Trinajstić information content (AvgIpc) is 2.71. The van der Waals surface area contributed by atoms with Crippen LogP contribution in [0.1, 0.15) is 5.69 Å². The van der Waals surface area contributed by atoms with E-state index in [-0.39, 0.29) is 0 Å². The van der Waals surface area contributed by atoms with Crippen LogP contribution in [0.3, 0.4) is 0 Å². The molecule has 0 radical (unpaired) electrons. The predicted molar refractivity (Wildman–Crippen MR) is 48.3 cm³/mol. The molecule has 0 N–H and O–H groups in total. The highest BCUT2D eigenvalue weighted by Gasteiger charge is 2.10. The van der Waals surface area contributed by atoms with E-state index < -0.39 is 0 Å². The first-order valence-electron chi connectivity index (χ1n) is 3.78. The molecule has 2 aromatic rings. The molecule has 0 aliphatic rings. The summed E-state index contributed by atoms with van der Waals surface area (Å²) in [6.07, 6.45) is 4.97. The molecule has 0 spiro atoms. The van der Waals surface area contributed by atoms with Crippen molar-refractivity contribution in [2.24, 2.45) is 7.05 Å². The second-order valence-corrected chi connectivity index (χ2v) is 2.93. The van der Waals surface area contributed by atoms with Gasteiger partial charge in [0.25, 0.3) is 0 Å². The normalized spacial score (nSPS) is 10.6. The van der Waals surface area contributed by atoms with E-state index in [0.717, 1.165) is 11.3 Å². The van der Waals surface area contributed by atoms with Gasteiger partial charge < -0.3 is 4.42 Å². The Labute approximate surface area is 80.1 Å². The van der Waals surface area contributed by atoms with Crippen molar-refractivity contribution in [3.63, 3.8) is 0 Å². The van der Waals surface area contributed by atoms with Gasteiger partial charge in [0.1, 0.15) is 5.69 Å². The first-order valence-corrected chi connectivity index (χ1v) is 4.32. The molecule has 13 heavy (non-hydrogen) atoms. The Morgan fingerprint density at radius 3 is 3.08 bits per heavy atom. The predicted octanol–water partition coefficient (Wildman–Crippen LogP) is 1.81. The Kier molecular flexibility index (Phi) is 2.06. The van der Waals surface area contributed by atoms with E-state index in [1.54, 1.807) is 10.9 Å². The molecule has 0 fully saturated rings. The van der Waals surface area contributed by atoms with Crippen LogP contribution in [0.25, 0.3) is 11.3 Å².